The number of benzene rings is 1. The molecular formula is C18H22N2O3S2. The Kier molecular flexibility index (Phi) is 7.01. The predicted molar refractivity (Wildman–Crippen MR) is 101 cm³/mol. The van der Waals surface area contributed by atoms with E-state index >= 15 is 0 Å². The maximum atomic E-state index is 12.2. The van der Waals surface area contributed by atoms with Crippen LogP contribution in [0.5, 0.6) is 0 Å². The molecule has 5 nitrogen and oxygen atoms in total. The molecule has 0 saturated carbocycles. The standard InChI is InChI=1S/C18H22N2O3S2/c1-11(2)8-16(18(22)23)20-17(21)13-4-6-15(7-5-13)25-10-14-9-24-12(3)19-14/h4-7,9,11,16H,8,10H2,1-3H3,(H,20,21)(H,22,23). The molecule has 1 aromatic heterocycles. The second-order valence-corrected chi connectivity index (χ2v) is 8.28. The Bertz CT molecular complexity index is 726. The number of amides is 1. The lowest BCUT2D eigenvalue weighted by Crippen LogP contribution is -2.41. The zero-order valence-corrected chi connectivity index (χ0v) is 16.1. The fourth-order valence-corrected chi connectivity index (χ4v) is 3.78. The molecule has 2 N–H and O–H groups in total. The number of thioether (sulfide) groups is 1. The third-order valence-corrected chi connectivity index (χ3v) is 5.35. The summed E-state index contributed by atoms with van der Waals surface area (Å²) in [6, 6.07) is 6.32. The molecule has 0 saturated heterocycles. The lowest BCUT2D eigenvalue weighted by atomic mass is 10.0. The van der Waals surface area contributed by atoms with Gasteiger partial charge in [0.05, 0.1) is 10.7 Å². The lowest BCUT2D eigenvalue weighted by molar-refractivity contribution is -0.139. The largest absolute Gasteiger partial charge is 0.480 e. The van der Waals surface area contributed by atoms with E-state index in [4.69, 9.17) is 0 Å². The van der Waals surface area contributed by atoms with Crippen LogP contribution >= 0.6 is 23.1 Å². The monoisotopic (exact) mass is 378 g/mol. The van der Waals surface area contributed by atoms with Gasteiger partial charge in [-0.15, -0.1) is 23.1 Å². The first-order valence-corrected chi connectivity index (χ1v) is 9.89. The van der Waals surface area contributed by atoms with E-state index in [0.29, 0.717) is 12.0 Å². The molecule has 1 unspecified atom stereocenters. The number of nitrogens with zero attached hydrogens (tertiary/aromatic N) is 1. The number of rotatable bonds is 8. The third-order valence-electron chi connectivity index (χ3n) is 3.48. The van der Waals surface area contributed by atoms with Crippen LogP contribution in [0.2, 0.25) is 0 Å². The summed E-state index contributed by atoms with van der Waals surface area (Å²) < 4.78 is 0. The van der Waals surface area contributed by atoms with Gasteiger partial charge in [-0.3, -0.25) is 4.79 Å². The van der Waals surface area contributed by atoms with Gasteiger partial charge in [-0.05, 0) is 43.5 Å². The van der Waals surface area contributed by atoms with Gasteiger partial charge in [-0.1, -0.05) is 13.8 Å². The molecule has 7 heteroatoms. The second kappa shape index (κ2) is 9.01. The maximum absolute atomic E-state index is 12.2. The number of hydrogen-bond acceptors (Lipinski definition) is 5. The summed E-state index contributed by atoms with van der Waals surface area (Å²) in [6.07, 6.45) is 0.405. The summed E-state index contributed by atoms with van der Waals surface area (Å²) in [6.45, 7) is 5.84. The Morgan fingerprint density at radius 3 is 2.48 bits per heavy atom. The molecule has 0 bridgehead atoms. The lowest BCUT2D eigenvalue weighted by Gasteiger charge is -2.16. The van der Waals surface area contributed by atoms with E-state index in [1.165, 1.54) is 0 Å². The van der Waals surface area contributed by atoms with Crippen LogP contribution in [-0.4, -0.2) is 28.0 Å². The highest BCUT2D eigenvalue weighted by Gasteiger charge is 2.21. The minimum Gasteiger partial charge on any atom is -0.480 e. The molecule has 1 atom stereocenters. The number of carbonyl (C=O) groups is 2. The number of nitrogens with one attached hydrogen (secondary N) is 1. The highest BCUT2D eigenvalue weighted by molar-refractivity contribution is 7.98. The quantitative estimate of drug-likeness (QED) is 0.680. The first-order valence-electron chi connectivity index (χ1n) is 8.02. The number of aliphatic carboxylic acids is 1. The average Bonchev–Trinajstić information content (AvgIpc) is 2.97. The van der Waals surface area contributed by atoms with E-state index in [2.05, 4.69) is 10.3 Å². The topological polar surface area (TPSA) is 79.3 Å². The van der Waals surface area contributed by atoms with Crippen molar-refractivity contribution < 1.29 is 14.7 Å². The van der Waals surface area contributed by atoms with Crippen molar-refractivity contribution in [3.8, 4) is 0 Å². The summed E-state index contributed by atoms with van der Waals surface area (Å²) in [4.78, 5) is 29.0. The Labute approximate surface area is 155 Å². The molecule has 1 aromatic carbocycles. The van der Waals surface area contributed by atoms with E-state index in [1.54, 1.807) is 35.2 Å². The first-order chi connectivity index (χ1) is 11.8. The zero-order valence-electron chi connectivity index (χ0n) is 14.5. The predicted octanol–water partition coefficient (Wildman–Crippen LogP) is 3.97. The van der Waals surface area contributed by atoms with Gasteiger partial charge in [0.25, 0.3) is 5.91 Å². The van der Waals surface area contributed by atoms with Gasteiger partial charge in [0.2, 0.25) is 0 Å². The van der Waals surface area contributed by atoms with Crippen LogP contribution < -0.4 is 5.32 Å². The normalized spacial score (nSPS) is 12.2. The smallest absolute Gasteiger partial charge is 0.326 e. The second-order valence-electron chi connectivity index (χ2n) is 6.16. The van der Waals surface area contributed by atoms with Gasteiger partial charge < -0.3 is 10.4 Å². The summed E-state index contributed by atoms with van der Waals surface area (Å²) in [5.41, 5.74) is 1.51. The van der Waals surface area contributed by atoms with Crippen LogP contribution in [0.15, 0.2) is 34.5 Å². The molecule has 0 spiro atoms. The first kappa shape index (κ1) is 19.5. The molecule has 0 aliphatic carbocycles. The highest BCUT2D eigenvalue weighted by Crippen LogP contribution is 2.24. The minimum atomic E-state index is -1.01. The number of carboxylic acids is 1. The highest BCUT2D eigenvalue weighted by atomic mass is 32.2. The van der Waals surface area contributed by atoms with Crippen LogP contribution in [0.3, 0.4) is 0 Å². The Balaban J connectivity index is 1.93. The number of carboxylic acid groups (broad SMARTS) is 1. The van der Waals surface area contributed by atoms with Gasteiger partial charge in [0, 0.05) is 21.6 Å². The van der Waals surface area contributed by atoms with Crippen LogP contribution in [0.25, 0.3) is 0 Å². The van der Waals surface area contributed by atoms with E-state index in [9.17, 15) is 14.7 Å². The van der Waals surface area contributed by atoms with Gasteiger partial charge in [-0.2, -0.15) is 0 Å². The van der Waals surface area contributed by atoms with E-state index < -0.39 is 12.0 Å². The molecular weight excluding hydrogens is 356 g/mol. The van der Waals surface area contributed by atoms with E-state index in [-0.39, 0.29) is 11.8 Å². The number of aryl methyl sites for hydroxylation is 1. The van der Waals surface area contributed by atoms with Crippen molar-refractivity contribution in [2.45, 2.75) is 43.9 Å². The van der Waals surface area contributed by atoms with Crippen molar-refractivity contribution in [3.63, 3.8) is 0 Å². The van der Waals surface area contributed by atoms with Crippen LogP contribution in [0.1, 0.15) is 41.3 Å². The van der Waals surface area contributed by atoms with Crippen molar-refractivity contribution in [1.29, 1.82) is 0 Å². The molecule has 0 aliphatic rings. The van der Waals surface area contributed by atoms with Crippen molar-refractivity contribution in [1.82, 2.24) is 10.3 Å². The molecule has 25 heavy (non-hydrogen) atoms. The zero-order chi connectivity index (χ0) is 18.4. The van der Waals surface area contributed by atoms with Crippen LogP contribution in [-0.2, 0) is 10.5 Å². The molecule has 1 amide bonds. The number of hydrogen-bond donors (Lipinski definition) is 2. The third kappa shape index (κ3) is 6.17. The average molecular weight is 379 g/mol. The Morgan fingerprint density at radius 2 is 1.96 bits per heavy atom. The van der Waals surface area contributed by atoms with E-state index in [1.807, 2.05) is 38.3 Å². The van der Waals surface area contributed by atoms with Crippen molar-refractivity contribution in [3.05, 3.63) is 45.9 Å². The van der Waals surface area contributed by atoms with Gasteiger partial charge in [-0.25, -0.2) is 9.78 Å². The molecule has 2 rings (SSSR count). The fraction of sp³-hybridized carbons (Fsp3) is 0.389. The number of carbonyl (C=O) groups excluding carboxylic acids is 1. The number of thiazole rings is 1. The molecule has 134 valence electrons. The van der Waals surface area contributed by atoms with Crippen LogP contribution in [0, 0.1) is 12.8 Å². The van der Waals surface area contributed by atoms with Gasteiger partial charge >= 0.3 is 5.97 Å². The summed E-state index contributed by atoms with van der Waals surface area (Å²) >= 11 is 3.29. The summed E-state index contributed by atoms with van der Waals surface area (Å²) in [7, 11) is 0. The molecule has 0 aliphatic heterocycles. The maximum Gasteiger partial charge on any atom is 0.326 e. The van der Waals surface area contributed by atoms with Gasteiger partial charge in [0.1, 0.15) is 6.04 Å². The van der Waals surface area contributed by atoms with E-state index in [0.717, 1.165) is 21.3 Å². The molecule has 1 heterocycles. The number of aromatic nitrogens is 1. The summed E-state index contributed by atoms with van der Waals surface area (Å²) in [5.74, 6) is -0.396. The Morgan fingerprint density at radius 1 is 1.28 bits per heavy atom. The fourth-order valence-electron chi connectivity index (χ4n) is 2.27. The molecule has 2 aromatic rings. The van der Waals surface area contributed by atoms with Gasteiger partial charge in [0.15, 0.2) is 0 Å². The van der Waals surface area contributed by atoms with Crippen molar-refractivity contribution >= 4 is 35.0 Å². The Hall–Kier alpha value is -1.86. The minimum absolute atomic E-state index is 0.189. The SMILES string of the molecule is Cc1nc(CSc2ccc(C(=O)NC(CC(C)C)C(=O)O)cc2)cs1. The van der Waals surface area contributed by atoms with Crippen LogP contribution in [0.4, 0.5) is 0 Å². The van der Waals surface area contributed by atoms with Crippen molar-refractivity contribution in [2.75, 3.05) is 0 Å². The van der Waals surface area contributed by atoms with Crippen molar-refractivity contribution in [2.24, 2.45) is 5.92 Å². The molecule has 0 fully saturated rings. The molecule has 0 radical (unpaired) electrons. The summed E-state index contributed by atoms with van der Waals surface area (Å²) in [5, 5.41) is 14.9.